The minimum atomic E-state index is -0.323. The lowest BCUT2D eigenvalue weighted by atomic mass is 9.85. The highest BCUT2D eigenvalue weighted by molar-refractivity contribution is 7.17. The topological polar surface area (TPSA) is 71.5 Å². The molecular formula is C14H19N3O3S. The number of carbonyl (C=O) groups excluding carboxylic acids is 2. The average molecular weight is 309 g/mol. The Morgan fingerprint density at radius 2 is 2.29 bits per heavy atom. The Hall–Kier alpha value is -1.63. The maximum Gasteiger partial charge on any atom is 0.350 e. The second-order valence-corrected chi connectivity index (χ2v) is 6.59. The Kier molecular flexibility index (Phi) is 3.84. The molecule has 21 heavy (non-hydrogen) atoms. The van der Waals surface area contributed by atoms with Crippen LogP contribution in [-0.2, 0) is 9.53 Å². The number of methoxy groups -OCH3 is 1. The van der Waals surface area contributed by atoms with Gasteiger partial charge in [-0.15, -0.1) is 0 Å². The van der Waals surface area contributed by atoms with Crippen LogP contribution >= 0.6 is 11.3 Å². The first kappa shape index (κ1) is 14.3. The van der Waals surface area contributed by atoms with Crippen molar-refractivity contribution in [2.24, 2.45) is 5.92 Å². The van der Waals surface area contributed by atoms with Crippen LogP contribution in [0.1, 0.15) is 34.6 Å². The van der Waals surface area contributed by atoms with E-state index in [9.17, 15) is 9.59 Å². The molecule has 1 aromatic heterocycles. The van der Waals surface area contributed by atoms with Gasteiger partial charge in [0.05, 0.1) is 12.8 Å². The highest BCUT2D eigenvalue weighted by Gasteiger charge is 2.35. The number of carbonyl (C=O) groups is 2. The number of rotatable bonds is 2. The molecular weight excluding hydrogens is 290 g/mol. The summed E-state index contributed by atoms with van der Waals surface area (Å²) >= 11 is 1.39. The van der Waals surface area contributed by atoms with Gasteiger partial charge in [-0.3, -0.25) is 4.79 Å². The van der Waals surface area contributed by atoms with Crippen LogP contribution in [0, 0.1) is 12.8 Å². The summed E-state index contributed by atoms with van der Waals surface area (Å²) in [6.45, 7) is 3.58. The molecule has 0 bridgehead atoms. The summed E-state index contributed by atoms with van der Waals surface area (Å²) in [5, 5.41) is 3.96. The van der Waals surface area contributed by atoms with Crippen LogP contribution in [0.15, 0.2) is 0 Å². The monoisotopic (exact) mass is 309 g/mol. The molecule has 2 aliphatic heterocycles. The van der Waals surface area contributed by atoms with Crippen LogP contribution in [0.4, 0.5) is 5.13 Å². The number of anilines is 1. The average Bonchev–Trinajstić information content (AvgIpc) is 2.88. The van der Waals surface area contributed by atoms with Crippen molar-refractivity contribution in [3.05, 3.63) is 10.6 Å². The van der Waals surface area contributed by atoms with Crippen LogP contribution in [0.5, 0.6) is 0 Å². The van der Waals surface area contributed by atoms with E-state index in [-0.39, 0.29) is 11.9 Å². The van der Waals surface area contributed by atoms with Gasteiger partial charge in [0, 0.05) is 25.6 Å². The molecule has 2 unspecified atom stereocenters. The normalized spacial score (nSPS) is 25.2. The third-order valence-electron chi connectivity index (χ3n) is 4.25. The zero-order chi connectivity index (χ0) is 15.0. The number of fused-ring (bicyclic) bond motifs is 1. The number of esters is 1. The maximum absolute atomic E-state index is 11.7. The van der Waals surface area contributed by atoms with Crippen LogP contribution in [0.3, 0.4) is 0 Å². The van der Waals surface area contributed by atoms with Crippen molar-refractivity contribution in [2.45, 2.75) is 32.2 Å². The van der Waals surface area contributed by atoms with E-state index in [0.29, 0.717) is 23.3 Å². The molecule has 3 heterocycles. The Morgan fingerprint density at radius 3 is 3.05 bits per heavy atom. The van der Waals surface area contributed by atoms with Gasteiger partial charge in [0.2, 0.25) is 5.91 Å². The van der Waals surface area contributed by atoms with Crippen molar-refractivity contribution in [2.75, 3.05) is 25.1 Å². The number of nitrogens with zero attached hydrogens (tertiary/aromatic N) is 2. The fourth-order valence-electron chi connectivity index (χ4n) is 3.08. The number of hydrogen-bond acceptors (Lipinski definition) is 6. The largest absolute Gasteiger partial charge is 0.465 e. The molecule has 1 amide bonds. The zero-order valence-electron chi connectivity index (χ0n) is 12.2. The summed E-state index contributed by atoms with van der Waals surface area (Å²) in [5.41, 5.74) is 0.723. The van der Waals surface area contributed by atoms with Crippen LogP contribution < -0.4 is 10.2 Å². The smallest absolute Gasteiger partial charge is 0.350 e. The van der Waals surface area contributed by atoms with Gasteiger partial charge in [-0.2, -0.15) is 0 Å². The van der Waals surface area contributed by atoms with E-state index >= 15 is 0 Å². The lowest BCUT2D eigenvalue weighted by Crippen LogP contribution is -2.54. The van der Waals surface area contributed by atoms with Crippen LogP contribution in [0.2, 0.25) is 0 Å². The van der Waals surface area contributed by atoms with Gasteiger partial charge in [0.25, 0.3) is 0 Å². The minimum Gasteiger partial charge on any atom is -0.465 e. The second kappa shape index (κ2) is 5.63. The molecule has 0 saturated carbocycles. The molecule has 0 aliphatic carbocycles. The maximum atomic E-state index is 11.7. The van der Waals surface area contributed by atoms with E-state index in [1.165, 1.54) is 18.4 Å². The number of amides is 1. The number of aryl methyl sites for hydroxylation is 1. The molecule has 1 aromatic rings. The summed E-state index contributed by atoms with van der Waals surface area (Å²) in [5.74, 6) is 0.320. The summed E-state index contributed by atoms with van der Waals surface area (Å²) < 4.78 is 4.78. The third-order valence-corrected chi connectivity index (χ3v) is 5.45. The highest BCUT2D eigenvalue weighted by atomic mass is 32.1. The van der Waals surface area contributed by atoms with Gasteiger partial charge >= 0.3 is 5.97 Å². The number of piperidine rings is 2. The van der Waals surface area contributed by atoms with Gasteiger partial charge in [-0.1, -0.05) is 11.3 Å². The van der Waals surface area contributed by atoms with Gasteiger partial charge in [-0.25, -0.2) is 9.78 Å². The molecule has 0 aromatic carbocycles. The van der Waals surface area contributed by atoms with E-state index in [1.54, 1.807) is 0 Å². The van der Waals surface area contributed by atoms with E-state index in [4.69, 9.17) is 4.74 Å². The molecule has 2 saturated heterocycles. The lowest BCUT2D eigenvalue weighted by Gasteiger charge is -2.41. The van der Waals surface area contributed by atoms with Gasteiger partial charge < -0.3 is 15.0 Å². The standard InChI is InChI=1S/C14H19N3O3S/c1-8-12(13(19)20-2)21-14(15-8)17-6-5-10-9(7-17)3-4-11(18)16-10/h9-10H,3-7H2,1-2H3,(H,16,18). The van der Waals surface area contributed by atoms with Crippen molar-refractivity contribution in [1.29, 1.82) is 0 Å². The summed E-state index contributed by atoms with van der Waals surface area (Å²) in [6.07, 6.45) is 2.48. The Morgan fingerprint density at radius 1 is 1.48 bits per heavy atom. The van der Waals surface area contributed by atoms with Crippen molar-refractivity contribution < 1.29 is 14.3 Å². The molecule has 3 rings (SSSR count). The first-order valence-corrected chi connectivity index (χ1v) is 8.00. The Labute approximate surface area is 127 Å². The highest BCUT2D eigenvalue weighted by Crippen LogP contribution is 2.32. The van der Waals surface area contributed by atoms with Crippen molar-refractivity contribution >= 4 is 28.3 Å². The van der Waals surface area contributed by atoms with E-state index < -0.39 is 0 Å². The predicted molar refractivity (Wildman–Crippen MR) is 79.7 cm³/mol. The molecule has 7 heteroatoms. The van der Waals surface area contributed by atoms with E-state index in [2.05, 4.69) is 15.2 Å². The van der Waals surface area contributed by atoms with Crippen molar-refractivity contribution in [1.82, 2.24) is 10.3 Å². The first-order valence-electron chi connectivity index (χ1n) is 7.18. The molecule has 1 N–H and O–H groups in total. The number of hydrogen-bond donors (Lipinski definition) is 1. The van der Waals surface area contributed by atoms with Crippen LogP contribution in [-0.4, -0.2) is 43.1 Å². The number of aromatic nitrogens is 1. The molecule has 2 aliphatic rings. The van der Waals surface area contributed by atoms with Crippen molar-refractivity contribution in [3.8, 4) is 0 Å². The van der Waals surface area contributed by atoms with Gasteiger partial charge in [0.15, 0.2) is 5.13 Å². The molecule has 0 spiro atoms. The van der Waals surface area contributed by atoms with Crippen molar-refractivity contribution in [3.63, 3.8) is 0 Å². The fourth-order valence-corrected chi connectivity index (χ4v) is 4.10. The Balaban J connectivity index is 1.74. The third kappa shape index (κ3) is 2.74. The Bertz CT molecular complexity index is 572. The fraction of sp³-hybridized carbons (Fsp3) is 0.643. The quantitative estimate of drug-likeness (QED) is 0.835. The zero-order valence-corrected chi connectivity index (χ0v) is 13.0. The SMILES string of the molecule is COC(=O)c1sc(N2CCC3NC(=O)CCC3C2)nc1C. The number of ether oxygens (including phenoxy) is 1. The number of thiazole rings is 1. The molecule has 6 nitrogen and oxygen atoms in total. The van der Waals surface area contributed by atoms with Crippen LogP contribution in [0.25, 0.3) is 0 Å². The molecule has 2 fully saturated rings. The van der Waals surface area contributed by atoms with Gasteiger partial charge in [0.1, 0.15) is 4.88 Å². The number of nitrogens with one attached hydrogen (secondary N) is 1. The second-order valence-electron chi connectivity index (χ2n) is 5.61. The molecule has 114 valence electrons. The lowest BCUT2D eigenvalue weighted by molar-refractivity contribution is -0.124. The molecule has 2 atom stereocenters. The summed E-state index contributed by atoms with van der Waals surface area (Å²) in [4.78, 5) is 30.4. The van der Waals surface area contributed by atoms with E-state index in [0.717, 1.165) is 36.8 Å². The molecule has 0 radical (unpaired) electrons. The van der Waals surface area contributed by atoms with Gasteiger partial charge in [-0.05, 0) is 25.7 Å². The first-order chi connectivity index (χ1) is 10.1. The minimum absolute atomic E-state index is 0.169. The summed E-state index contributed by atoms with van der Waals surface area (Å²) in [7, 11) is 1.39. The summed E-state index contributed by atoms with van der Waals surface area (Å²) in [6, 6.07) is 0.295. The predicted octanol–water partition coefficient (Wildman–Crippen LogP) is 1.34. The van der Waals surface area contributed by atoms with E-state index in [1.807, 2.05) is 6.92 Å².